The molecule has 1 heterocycles. The number of carbonyl (C=O) groups excluding carboxylic acids is 1. The highest BCUT2D eigenvalue weighted by atomic mass is 16.5. The summed E-state index contributed by atoms with van der Waals surface area (Å²) in [6, 6.07) is 5.51. The van der Waals surface area contributed by atoms with Crippen molar-refractivity contribution in [2.24, 2.45) is 0 Å². The summed E-state index contributed by atoms with van der Waals surface area (Å²) in [7, 11) is 1.35. The highest BCUT2D eigenvalue weighted by molar-refractivity contribution is 5.71. The Morgan fingerprint density at radius 3 is 2.95 bits per heavy atom. The van der Waals surface area contributed by atoms with Gasteiger partial charge in [0.25, 0.3) is 0 Å². The Labute approximate surface area is 122 Å². The molecule has 2 aromatic rings. The first-order chi connectivity index (χ1) is 10.1. The predicted molar refractivity (Wildman–Crippen MR) is 76.8 cm³/mol. The van der Waals surface area contributed by atoms with E-state index in [1.807, 2.05) is 25.1 Å². The average molecular weight is 290 g/mol. The van der Waals surface area contributed by atoms with Crippen LogP contribution in [0.5, 0.6) is 5.75 Å². The van der Waals surface area contributed by atoms with Gasteiger partial charge >= 0.3 is 5.97 Å². The molecule has 0 spiro atoms. The molecule has 0 radical (unpaired) electrons. The third-order valence-electron chi connectivity index (χ3n) is 3.06. The molecule has 0 aliphatic heterocycles. The van der Waals surface area contributed by atoms with Crippen LogP contribution in [-0.4, -0.2) is 34.7 Å². The zero-order chi connectivity index (χ0) is 15.2. The number of ether oxygens (including phenoxy) is 2. The van der Waals surface area contributed by atoms with E-state index < -0.39 is 0 Å². The second-order valence-electron chi connectivity index (χ2n) is 4.57. The molecule has 0 amide bonds. The van der Waals surface area contributed by atoms with E-state index in [4.69, 9.17) is 10.5 Å². The average Bonchev–Trinajstić information content (AvgIpc) is 2.90. The second kappa shape index (κ2) is 6.74. The van der Waals surface area contributed by atoms with Crippen molar-refractivity contribution in [2.75, 3.05) is 19.5 Å². The normalized spacial score (nSPS) is 10.4. The van der Waals surface area contributed by atoms with Gasteiger partial charge in [-0.3, -0.25) is 4.79 Å². The van der Waals surface area contributed by atoms with Crippen molar-refractivity contribution in [2.45, 2.75) is 19.9 Å². The van der Waals surface area contributed by atoms with Crippen molar-refractivity contribution in [3.8, 4) is 5.75 Å². The molecule has 2 N–H and O–H groups in total. The number of nitrogen functional groups attached to an aromatic ring is 1. The molecule has 21 heavy (non-hydrogen) atoms. The van der Waals surface area contributed by atoms with E-state index in [1.165, 1.54) is 7.11 Å². The molecule has 7 heteroatoms. The molecule has 0 fully saturated rings. The van der Waals surface area contributed by atoms with Gasteiger partial charge in [0.05, 0.1) is 32.0 Å². The van der Waals surface area contributed by atoms with E-state index in [-0.39, 0.29) is 12.4 Å². The van der Waals surface area contributed by atoms with Gasteiger partial charge in [-0.2, -0.15) is 0 Å². The minimum atomic E-state index is -0.325. The highest BCUT2D eigenvalue weighted by Crippen LogP contribution is 2.18. The SMILES string of the molecule is COC(=O)Cc1cnnn1CCOc1ccc(N)c(C)c1. The van der Waals surface area contributed by atoms with E-state index in [0.29, 0.717) is 18.8 Å². The fourth-order valence-electron chi connectivity index (χ4n) is 1.81. The number of hydrogen-bond donors (Lipinski definition) is 1. The second-order valence-corrected chi connectivity index (χ2v) is 4.57. The molecular weight excluding hydrogens is 272 g/mol. The maximum absolute atomic E-state index is 11.3. The molecule has 112 valence electrons. The van der Waals surface area contributed by atoms with Gasteiger partial charge in [-0.1, -0.05) is 5.21 Å². The molecule has 7 nitrogen and oxygen atoms in total. The lowest BCUT2D eigenvalue weighted by Crippen LogP contribution is -2.15. The van der Waals surface area contributed by atoms with Gasteiger partial charge in [0, 0.05) is 5.69 Å². The van der Waals surface area contributed by atoms with E-state index >= 15 is 0 Å². The highest BCUT2D eigenvalue weighted by Gasteiger charge is 2.09. The van der Waals surface area contributed by atoms with Crippen LogP contribution in [0.1, 0.15) is 11.3 Å². The van der Waals surface area contributed by atoms with Gasteiger partial charge in [-0.25, -0.2) is 4.68 Å². The Bertz CT molecular complexity index is 624. The van der Waals surface area contributed by atoms with Gasteiger partial charge in [-0.15, -0.1) is 5.10 Å². The fraction of sp³-hybridized carbons (Fsp3) is 0.357. The first kappa shape index (κ1) is 14.8. The van der Waals surface area contributed by atoms with Gasteiger partial charge in [0.1, 0.15) is 12.4 Å². The first-order valence-corrected chi connectivity index (χ1v) is 6.53. The van der Waals surface area contributed by atoms with Crippen molar-refractivity contribution < 1.29 is 14.3 Å². The van der Waals surface area contributed by atoms with Crippen LogP contribution in [0, 0.1) is 6.92 Å². The minimum Gasteiger partial charge on any atom is -0.492 e. The number of esters is 1. The summed E-state index contributed by atoms with van der Waals surface area (Å²) >= 11 is 0. The minimum absolute atomic E-state index is 0.143. The molecule has 0 aliphatic rings. The van der Waals surface area contributed by atoms with Crippen molar-refractivity contribution in [1.82, 2.24) is 15.0 Å². The number of aromatic nitrogens is 3. The zero-order valence-electron chi connectivity index (χ0n) is 12.1. The topological polar surface area (TPSA) is 92.3 Å². The van der Waals surface area contributed by atoms with Gasteiger partial charge in [-0.05, 0) is 30.7 Å². The quantitative estimate of drug-likeness (QED) is 0.629. The third kappa shape index (κ3) is 3.95. The van der Waals surface area contributed by atoms with Crippen LogP contribution in [0.3, 0.4) is 0 Å². The van der Waals surface area contributed by atoms with Crippen LogP contribution in [0.25, 0.3) is 0 Å². The molecule has 0 saturated carbocycles. The lowest BCUT2D eigenvalue weighted by Gasteiger charge is -2.09. The van der Waals surface area contributed by atoms with E-state index in [9.17, 15) is 4.79 Å². The van der Waals surface area contributed by atoms with E-state index in [2.05, 4.69) is 15.0 Å². The molecule has 0 saturated heterocycles. The Kier molecular flexibility index (Phi) is 4.76. The summed E-state index contributed by atoms with van der Waals surface area (Å²) in [4.78, 5) is 11.3. The Morgan fingerprint density at radius 2 is 2.24 bits per heavy atom. The molecule has 0 atom stereocenters. The predicted octanol–water partition coefficient (Wildman–Crippen LogP) is 0.963. The van der Waals surface area contributed by atoms with Gasteiger partial charge < -0.3 is 15.2 Å². The van der Waals surface area contributed by atoms with Crippen molar-refractivity contribution in [3.05, 3.63) is 35.7 Å². The van der Waals surface area contributed by atoms with Crippen LogP contribution in [0.2, 0.25) is 0 Å². The fourth-order valence-corrected chi connectivity index (χ4v) is 1.81. The number of rotatable bonds is 6. The standard InChI is InChI=1S/C14H18N4O3/c1-10-7-12(3-4-13(10)15)21-6-5-18-11(9-16-17-18)8-14(19)20-2/h3-4,7,9H,5-6,8,15H2,1-2H3. The number of nitrogens with two attached hydrogens (primary N) is 1. The Hall–Kier alpha value is -2.57. The lowest BCUT2D eigenvalue weighted by atomic mass is 10.2. The molecule has 1 aromatic heterocycles. The Balaban J connectivity index is 1.90. The molecule has 0 bridgehead atoms. The summed E-state index contributed by atoms with van der Waals surface area (Å²) in [6.45, 7) is 2.84. The smallest absolute Gasteiger partial charge is 0.311 e. The molecule has 0 aliphatic carbocycles. The Morgan fingerprint density at radius 1 is 1.43 bits per heavy atom. The van der Waals surface area contributed by atoms with Crippen LogP contribution in [0.4, 0.5) is 5.69 Å². The molecule has 0 unspecified atom stereocenters. The van der Waals surface area contributed by atoms with Crippen LogP contribution < -0.4 is 10.5 Å². The zero-order valence-corrected chi connectivity index (χ0v) is 12.1. The maximum atomic E-state index is 11.3. The summed E-state index contributed by atoms with van der Waals surface area (Å²) in [5.41, 5.74) is 8.15. The molecular formula is C14H18N4O3. The number of benzene rings is 1. The van der Waals surface area contributed by atoms with Crippen LogP contribution >= 0.6 is 0 Å². The first-order valence-electron chi connectivity index (χ1n) is 6.53. The summed E-state index contributed by atoms with van der Waals surface area (Å²) < 4.78 is 11.9. The largest absolute Gasteiger partial charge is 0.492 e. The van der Waals surface area contributed by atoms with E-state index in [1.54, 1.807) is 10.9 Å². The number of anilines is 1. The number of methoxy groups -OCH3 is 1. The van der Waals surface area contributed by atoms with Crippen molar-refractivity contribution in [3.63, 3.8) is 0 Å². The monoisotopic (exact) mass is 290 g/mol. The summed E-state index contributed by atoms with van der Waals surface area (Å²) in [5, 5.41) is 7.72. The lowest BCUT2D eigenvalue weighted by molar-refractivity contribution is -0.139. The number of hydrogen-bond acceptors (Lipinski definition) is 6. The molecule has 2 rings (SSSR count). The third-order valence-corrected chi connectivity index (χ3v) is 3.06. The van der Waals surface area contributed by atoms with Gasteiger partial charge in [0.15, 0.2) is 0 Å². The number of carbonyl (C=O) groups is 1. The number of aryl methyl sites for hydroxylation is 1. The summed E-state index contributed by atoms with van der Waals surface area (Å²) in [5.74, 6) is 0.421. The van der Waals surface area contributed by atoms with Crippen molar-refractivity contribution in [1.29, 1.82) is 0 Å². The number of nitrogens with zero attached hydrogens (tertiary/aromatic N) is 3. The van der Waals surface area contributed by atoms with Crippen LogP contribution in [0.15, 0.2) is 24.4 Å². The van der Waals surface area contributed by atoms with E-state index in [0.717, 1.165) is 17.0 Å². The van der Waals surface area contributed by atoms with Gasteiger partial charge in [0.2, 0.25) is 0 Å². The van der Waals surface area contributed by atoms with Crippen LogP contribution in [-0.2, 0) is 22.5 Å². The maximum Gasteiger partial charge on any atom is 0.311 e. The molecule has 1 aromatic carbocycles. The summed E-state index contributed by atoms with van der Waals surface area (Å²) in [6.07, 6.45) is 1.69. The van der Waals surface area contributed by atoms with Crippen molar-refractivity contribution >= 4 is 11.7 Å².